The summed E-state index contributed by atoms with van der Waals surface area (Å²) in [5.41, 5.74) is 1.44. The molecule has 1 aliphatic rings. The predicted molar refractivity (Wildman–Crippen MR) is 114 cm³/mol. The number of nitrogens with one attached hydrogen (secondary N) is 2. The second-order valence-corrected chi connectivity index (χ2v) is 7.96. The van der Waals surface area contributed by atoms with E-state index in [9.17, 15) is 18.0 Å². The zero-order chi connectivity index (χ0) is 22.6. The van der Waals surface area contributed by atoms with Crippen LogP contribution in [0, 0.1) is 0 Å². The molecule has 0 atom stereocenters. The molecule has 1 aliphatic carbocycles. The van der Waals surface area contributed by atoms with E-state index in [0.29, 0.717) is 17.7 Å². The summed E-state index contributed by atoms with van der Waals surface area (Å²) in [5, 5.41) is 10.3. The average molecular weight is 443 g/mol. The number of hydrogen-bond donors (Lipinski definition) is 2. The van der Waals surface area contributed by atoms with Crippen LogP contribution < -0.4 is 10.6 Å². The van der Waals surface area contributed by atoms with Gasteiger partial charge in [-0.25, -0.2) is 0 Å². The van der Waals surface area contributed by atoms with Crippen molar-refractivity contribution in [3.63, 3.8) is 0 Å². The van der Waals surface area contributed by atoms with Gasteiger partial charge in [-0.05, 0) is 30.5 Å². The molecule has 2 N–H and O–H groups in total. The van der Waals surface area contributed by atoms with Crippen LogP contribution >= 0.6 is 0 Å². The van der Waals surface area contributed by atoms with Gasteiger partial charge in [-0.3, -0.25) is 4.79 Å². The standard InChI is InChI=1S/C24H24F3N3O2/c25-24(26,27)18-12-10-17(11-13-18)22-20(15-28-14-16-6-2-1-3-7-16)21(30-32-22)23(31)29-19-8-4-5-9-19/h1-3,6-7,10-13,19,28H,4-5,8-9,14-15H2,(H,29,31). The van der Waals surface area contributed by atoms with Crippen molar-refractivity contribution in [3.8, 4) is 11.3 Å². The van der Waals surface area contributed by atoms with E-state index in [1.54, 1.807) is 0 Å². The number of halogens is 3. The number of alkyl halides is 3. The van der Waals surface area contributed by atoms with Crippen LogP contribution in [0.3, 0.4) is 0 Å². The van der Waals surface area contributed by atoms with Gasteiger partial charge in [0.15, 0.2) is 11.5 Å². The first-order valence-electron chi connectivity index (χ1n) is 10.6. The Hall–Kier alpha value is -3.13. The van der Waals surface area contributed by atoms with E-state index in [1.165, 1.54) is 12.1 Å². The minimum atomic E-state index is -4.42. The third-order valence-corrected chi connectivity index (χ3v) is 5.64. The van der Waals surface area contributed by atoms with Crippen molar-refractivity contribution >= 4 is 5.91 Å². The third-order valence-electron chi connectivity index (χ3n) is 5.64. The van der Waals surface area contributed by atoms with Crippen molar-refractivity contribution < 1.29 is 22.5 Å². The number of aromatic nitrogens is 1. The van der Waals surface area contributed by atoms with Gasteiger partial charge in [0.1, 0.15) is 0 Å². The predicted octanol–water partition coefficient (Wildman–Crippen LogP) is 5.32. The quantitative estimate of drug-likeness (QED) is 0.519. The highest BCUT2D eigenvalue weighted by atomic mass is 19.4. The van der Waals surface area contributed by atoms with Crippen LogP contribution in [0.4, 0.5) is 13.2 Å². The summed E-state index contributed by atoms with van der Waals surface area (Å²) in [6.07, 6.45) is -0.418. The monoisotopic (exact) mass is 443 g/mol. The molecule has 0 aliphatic heterocycles. The van der Waals surface area contributed by atoms with Gasteiger partial charge >= 0.3 is 6.18 Å². The van der Waals surface area contributed by atoms with Crippen molar-refractivity contribution in [2.24, 2.45) is 0 Å². The van der Waals surface area contributed by atoms with Crippen LogP contribution in [-0.2, 0) is 19.3 Å². The summed E-state index contributed by atoms with van der Waals surface area (Å²) >= 11 is 0. The lowest BCUT2D eigenvalue weighted by Crippen LogP contribution is -2.33. The molecule has 5 nitrogen and oxygen atoms in total. The van der Waals surface area contributed by atoms with E-state index in [1.807, 2.05) is 30.3 Å². The fraction of sp³-hybridized carbons (Fsp3) is 0.333. The van der Waals surface area contributed by atoms with E-state index in [2.05, 4.69) is 15.8 Å². The molecule has 1 saturated carbocycles. The highest BCUT2D eigenvalue weighted by Crippen LogP contribution is 2.33. The molecule has 4 rings (SSSR count). The number of rotatable bonds is 7. The molecule has 32 heavy (non-hydrogen) atoms. The summed E-state index contributed by atoms with van der Waals surface area (Å²) in [7, 11) is 0. The second-order valence-electron chi connectivity index (χ2n) is 7.96. The molecule has 1 aromatic heterocycles. The Morgan fingerprint density at radius 2 is 1.69 bits per heavy atom. The number of carbonyl (C=O) groups excluding carboxylic acids is 1. The molecule has 0 spiro atoms. The molecule has 0 unspecified atom stereocenters. The fourth-order valence-corrected chi connectivity index (χ4v) is 3.94. The highest BCUT2D eigenvalue weighted by Gasteiger charge is 2.31. The zero-order valence-electron chi connectivity index (χ0n) is 17.4. The first-order chi connectivity index (χ1) is 15.4. The average Bonchev–Trinajstić information content (AvgIpc) is 3.44. The minimum Gasteiger partial charge on any atom is -0.355 e. The molecule has 1 amide bonds. The van der Waals surface area contributed by atoms with Gasteiger partial charge in [0.05, 0.1) is 5.56 Å². The van der Waals surface area contributed by atoms with E-state index in [0.717, 1.165) is 43.4 Å². The molecule has 1 heterocycles. The third kappa shape index (κ3) is 5.19. The van der Waals surface area contributed by atoms with Crippen molar-refractivity contribution in [2.45, 2.75) is 51.0 Å². The summed E-state index contributed by atoms with van der Waals surface area (Å²) in [4.78, 5) is 12.9. The van der Waals surface area contributed by atoms with Gasteiger partial charge in [0.25, 0.3) is 5.91 Å². The van der Waals surface area contributed by atoms with Crippen LogP contribution in [-0.4, -0.2) is 17.1 Å². The van der Waals surface area contributed by atoms with Gasteiger partial charge in [-0.1, -0.05) is 60.5 Å². The molecule has 1 fully saturated rings. The maximum Gasteiger partial charge on any atom is 0.416 e. The van der Waals surface area contributed by atoms with Crippen molar-refractivity contribution in [1.29, 1.82) is 0 Å². The van der Waals surface area contributed by atoms with Crippen molar-refractivity contribution in [3.05, 3.63) is 77.0 Å². The molecule has 3 aromatic rings. The van der Waals surface area contributed by atoms with Crippen LogP contribution in [0.5, 0.6) is 0 Å². The molecule has 168 valence electrons. The van der Waals surface area contributed by atoms with Gasteiger partial charge in [0, 0.05) is 30.3 Å². The minimum absolute atomic E-state index is 0.110. The van der Waals surface area contributed by atoms with E-state index < -0.39 is 11.7 Å². The van der Waals surface area contributed by atoms with Crippen molar-refractivity contribution in [2.75, 3.05) is 0 Å². The van der Waals surface area contributed by atoms with Crippen LogP contribution in [0.1, 0.15) is 52.9 Å². The van der Waals surface area contributed by atoms with E-state index in [-0.39, 0.29) is 29.9 Å². The number of nitrogens with zero attached hydrogens (tertiary/aromatic N) is 1. The number of amides is 1. The first kappa shape index (κ1) is 22.1. The van der Waals surface area contributed by atoms with E-state index in [4.69, 9.17) is 4.52 Å². The summed E-state index contributed by atoms with van der Waals surface area (Å²) < 4.78 is 44.3. The van der Waals surface area contributed by atoms with Gasteiger partial charge < -0.3 is 15.2 Å². The Balaban J connectivity index is 1.58. The molecule has 0 saturated heterocycles. The summed E-state index contributed by atoms with van der Waals surface area (Å²) in [5.74, 6) is -0.0359. The lowest BCUT2D eigenvalue weighted by atomic mass is 10.0. The molecular formula is C24H24F3N3O2. The Bertz CT molecular complexity index is 1040. The van der Waals surface area contributed by atoms with Gasteiger partial charge in [-0.15, -0.1) is 0 Å². The number of carbonyl (C=O) groups is 1. The first-order valence-corrected chi connectivity index (χ1v) is 10.6. The SMILES string of the molecule is O=C(NC1CCCC1)c1noc(-c2ccc(C(F)(F)F)cc2)c1CNCc1ccccc1. The Morgan fingerprint density at radius 1 is 1.00 bits per heavy atom. The lowest BCUT2D eigenvalue weighted by molar-refractivity contribution is -0.137. The summed E-state index contributed by atoms with van der Waals surface area (Å²) in [6.45, 7) is 0.838. The van der Waals surface area contributed by atoms with Crippen molar-refractivity contribution in [1.82, 2.24) is 15.8 Å². The van der Waals surface area contributed by atoms with Crippen LogP contribution in [0.15, 0.2) is 59.1 Å². The molecule has 8 heteroatoms. The lowest BCUT2D eigenvalue weighted by Gasteiger charge is -2.12. The smallest absolute Gasteiger partial charge is 0.355 e. The Labute approximate surface area is 184 Å². The molecule has 0 bridgehead atoms. The zero-order valence-corrected chi connectivity index (χ0v) is 17.4. The molecule has 0 radical (unpaired) electrons. The second kappa shape index (κ2) is 9.56. The Morgan fingerprint density at radius 3 is 2.34 bits per heavy atom. The topological polar surface area (TPSA) is 67.2 Å². The largest absolute Gasteiger partial charge is 0.416 e. The van der Waals surface area contributed by atoms with Gasteiger partial charge in [-0.2, -0.15) is 13.2 Å². The summed E-state index contributed by atoms with van der Waals surface area (Å²) in [6, 6.07) is 14.5. The maximum absolute atomic E-state index is 12.9. The van der Waals surface area contributed by atoms with Crippen LogP contribution in [0.25, 0.3) is 11.3 Å². The Kier molecular flexibility index (Phi) is 6.60. The van der Waals surface area contributed by atoms with Gasteiger partial charge in [0.2, 0.25) is 0 Å². The normalized spacial score (nSPS) is 14.6. The molecular weight excluding hydrogens is 419 g/mol. The molecule has 2 aromatic carbocycles. The fourth-order valence-electron chi connectivity index (χ4n) is 3.94. The maximum atomic E-state index is 12.9. The van der Waals surface area contributed by atoms with E-state index >= 15 is 0 Å². The highest BCUT2D eigenvalue weighted by molar-refractivity contribution is 5.95. The van der Waals surface area contributed by atoms with Crippen LogP contribution in [0.2, 0.25) is 0 Å². The number of benzene rings is 2. The number of hydrogen-bond acceptors (Lipinski definition) is 4.